The van der Waals surface area contributed by atoms with Gasteiger partial charge in [-0.1, -0.05) is 37.8 Å². The largest absolute Gasteiger partial charge is 0.491 e. The molecule has 0 N–H and O–H groups in total. The molecule has 1 aromatic heterocycles. The fourth-order valence-electron chi connectivity index (χ4n) is 3.03. The van der Waals surface area contributed by atoms with Gasteiger partial charge in [0.05, 0.1) is 25.5 Å². The van der Waals surface area contributed by atoms with Crippen LogP contribution in [0.1, 0.15) is 49.4 Å². The fraction of sp³-hybridized carbons (Fsp3) is 0.480. The van der Waals surface area contributed by atoms with Crippen LogP contribution in [-0.2, 0) is 16.1 Å². The van der Waals surface area contributed by atoms with E-state index in [1.807, 2.05) is 24.3 Å². The van der Waals surface area contributed by atoms with E-state index in [4.69, 9.17) is 18.9 Å². The lowest BCUT2D eigenvalue weighted by atomic mass is 10.1. The summed E-state index contributed by atoms with van der Waals surface area (Å²) in [5.74, 6) is 8.71. The summed E-state index contributed by atoms with van der Waals surface area (Å²) in [5, 5.41) is 0. The van der Waals surface area contributed by atoms with Gasteiger partial charge in [0.1, 0.15) is 25.1 Å². The fourth-order valence-corrected chi connectivity index (χ4v) is 3.03. The van der Waals surface area contributed by atoms with Gasteiger partial charge in [-0.05, 0) is 36.5 Å². The predicted octanol–water partition coefficient (Wildman–Crippen LogP) is 4.34. The summed E-state index contributed by atoms with van der Waals surface area (Å²) in [6.45, 7) is 6.93. The van der Waals surface area contributed by atoms with Crippen LogP contribution >= 0.6 is 0 Å². The van der Waals surface area contributed by atoms with Crippen LogP contribution in [0, 0.1) is 17.8 Å². The van der Waals surface area contributed by atoms with Crippen molar-refractivity contribution < 1.29 is 18.9 Å². The Bertz CT molecular complexity index is 888. The Labute approximate surface area is 178 Å². The minimum Gasteiger partial charge on any atom is -0.491 e. The van der Waals surface area contributed by atoms with Crippen LogP contribution < -0.4 is 9.47 Å². The minimum absolute atomic E-state index is 0.0414. The smallest absolute Gasteiger partial charge is 0.217 e. The zero-order chi connectivity index (χ0) is 20.8. The molecule has 2 fully saturated rings. The van der Waals surface area contributed by atoms with E-state index in [-0.39, 0.29) is 12.0 Å². The summed E-state index contributed by atoms with van der Waals surface area (Å²) in [6.07, 6.45) is 2.45. The molecule has 5 heteroatoms. The first-order valence-corrected chi connectivity index (χ1v) is 10.7. The van der Waals surface area contributed by atoms with Gasteiger partial charge >= 0.3 is 0 Å². The SMILES string of the molecule is CC(C)c1cc(OCC2COCCO2)cc(OCc2ccc(C#CC3CC3)cc2)n1. The van der Waals surface area contributed by atoms with Crippen molar-refractivity contribution in [2.75, 3.05) is 26.4 Å². The lowest BCUT2D eigenvalue weighted by Gasteiger charge is -2.23. The Balaban J connectivity index is 1.37. The van der Waals surface area contributed by atoms with Crippen molar-refractivity contribution in [1.82, 2.24) is 4.98 Å². The number of rotatable bonds is 7. The van der Waals surface area contributed by atoms with Crippen LogP contribution in [0.4, 0.5) is 0 Å². The maximum absolute atomic E-state index is 5.98. The first-order valence-electron chi connectivity index (χ1n) is 10.7. The molecular formula is C25H29NO4. The highest BCUT2D eigenvalue weighted by atomic mass is 16.6. The summed E-state index contributed by atoms with van der Waals surface area (Å²) in [4.78, 5) is 4.64. The first-order chi connectivity index (χ1) is 14.7. The zero-order valence-electron chi connectivity index (χ0n) is 17.7. The third-order valence-electron chi connectivity index (χ3n) is 5.05. The summed E-state index contributed by atoms with van der Waals surface area (Å²) >= 11 is 0. The van der Waals surface area contributed by atoms with Gasteiger partial charge in [-0.25, -0.2) is 4.98 Å². The van der Waals surface area contributed by atoms with Gasteiger partial charge in [0.25, 0.3) is 0 Å². The van der Waals surface area contributed by atoms with Crippen molar-refractivity contribution in [3.8, 4) is 23.5 Å². The Morgan fingerprint density at radius 3 is 2.63 bits per heavy atom. The van der Waals surface area contributed by atoms with Crippen LogP contribution in [0.2, 0.25) is 0 Å². The molecule has 1 saturated carbocycles. The number of hydrogen-bond acceptors (Lipinski definition) is 5. The standard InChI is InChI=1S/C25H29NO4/c1-18(2)24-13-22(29-17-23-16-27-11-12-28-23)14-25(26-24)30-15-21-9-7-20(8-10-21)6-5-19-3-4-19/h7-10,13-14,18-19,23H,3-4,11-12,15-17H2,1-2H3. The Morgan fingerprint density at radius 2 is 1.93 bits per heavy atom. The van der Waals surface area contributed by atoms with Crippen LogP contribution in [-0.4, -0.2) is 37.5 Å². The van der Waals surface area contributed by atoms with E-state index in [1.165, 1.54) is 12.8 Å². The average molecular weight is 408 g/mol. The molecule has 0 spiro atoms. The highest BCUT2D eigenvalue weighted by Crippen LogP contribution is 2.28. The second kappa shape index (κ2) is 9.97. The van der Waals surface area contributed by atoms with E-state index in [1.54, 1.807) is 0 Å². The van der Waals surface area contributed by atoms with Crippen molar-refractivity contribution >= 4 is 0 Å². The maximum Gasteiger partial charge on any atom is 0.217 e. The van der Waals surface area contributed by atoms with E-state index in [9.17, 15) is 0 Å². The summed E-state index contributed by atoms with van der Waals surface area (Å²) in [7, 11) is 0. The van der Waals surface area contributed by atoms with Gasteiger partial charge in [-0.3, -0.25) is 0 Å². The Hall–Kier alpha value is -2.55. The van der Waals surface area contributed by atoms with Gasteiger partial charge in [0, 0.05) is 23.6 Å². The van der Waals surface area contributed by atoms with E-state index >= 15 is 0 Å². The first kappa shape index (κ1) is 20.7. The van der Waals surface area contributed by atoms with E-state index in [0.29, 0.717) is 44.8 Å². The van der Waals surface area contributed by atoms with Crippen LogP contribution in [0.15, 0.2) is 36.4 Å². The second-order valence-corrected chi connectivity index (χ2v) is 8.13. The normalized spacial score (nSPS) is 18.6. The monoisotopic (exact) mass is 407 g/mol. The molecule has 1 atom stereocenters. The maximum atomic E-state index is 5.98. The third kappa shape index (κ3) is 6.22. The molecular weight excluding hydrogens is 378 g/mol. The van der Waals surface area contributed by atoms with Crippen molar-refractivity contribution in [2.24, 2.45) is 5.92 Å². The molecule has 1 aromatic carbocycles. The number of aromatic nitrogens is 1. The van der Waals surface area contributed by atoms with Crippen LogP contribution in [0.5, 0.6) is 11.6 Å². The molecule has 0 radical (unpaired) electrons. The second-order valence-electron chi connectivity index (χ2n) is 8.13. The number of nitrogens with zero attached hydrogens (tertiary/aromatic N) is 1. The predicted molar refractivity (Wildman–Crippen MR) is 115 cm³/mol. The summed E-state index contributed by atoms with van der Waals surface area (Å²) in [6, 6.07) is 12.0. The van der Waals surface area contributed by atoms with Crippen LogP contribution in [0.3, 0.4) is 0 Å². The van der Waals surface area contributed by atoms with Gasteiger partial charge in [0.2, 0.25) is 5.88 Å². The van der Waals surface area contributed by atoms with Gasteiger partial charge < -0.3 is 18.9 Å². The molecule has 2 heterocycles. The molecule has 1 aliphatic heterocycles. The zero-order valence-corrected chi connectivity index (χ0v) is 17.7. The molecule has 158 valence electrons. The molecule has 1 saturated heterocycles. The van der Waals surface area contributed by atoms with Gasteiger partial charge in [-0.2, -0.15) is 0 Å². The van der Waals surface area contributed by atoms with E-state index in [0.717, 1.165) is 22.6 Å². The number of hydrogen-bond donors (Lipinski definition) is 0. The number of pyridine rings is 1. The van der Waals surface area contributed by atoms with E-state index < -0.39 is 0 Å². The number of ether oxygens (including phenoxy) is 4. The summed E-state index contributed by atoms with van der Waals surface area (Å²) < 4.78 is 23.0. The molecule has 1 aliphatic carbocycles. The molecule has 4 rings (SSSR count). The lowest BCUT2D eigenvalue weighted by molar-refractivity contribution is -0.101. The van der Waals surface area contributed by atoms with Crippen molar-refractivity contribution in [3.05, 3.63) is 53.2 Å². The van der Waals surface area contributed by atoms with Crippen molar-refractivity contribution in [2.45, 2.75) is 45.3 Å². The minimum atomic E-state index is -0.0414. The van der Waals surface area contributed by atoms with E-state index in [2.05, 4.69) is 42.8 Å². The van der Waals surface area contributed by atoms with Gasteiger partial charge in [0.15, 0.2) is 0 Å². The number of benzene rings is 1. The third-order valence-corrected chi connectivity index (χ3v) is 5.05. The lowest BCUT2D eigenvalue weighted by Crippen LogP contribution is -2.33. The highest BCUT2D eigenvalue weighted by Gasteiger charge is 2.18. The molecule has 2 aliphatic rings. The molecule has 30 heavy (non-hydrogen) atoms. The summed E-state index contributed by atoms with van der Waals surface area (Å²) in [5.41, 5.74) is 3.07. The molecule has 2 aromatic rings. The molecule has 5 nitrogen and oxygen atoms in total. The Morgan fingerprint density at radius 1 is 1.10 bits per heavy atom. The van der Waals surface area contributed by atoms with Crippen molar-refractivity contribution in [1.29, 1.82) is 0 Å². The van der Waals surface area contributed by atoms with Crippen molar-refractivity contribution in [3.63, 3.8) is 0 Å². The molecule has 1 unspecified atom stereocenters. The topological polar surface area (TPSA) is 49.8 Å². The highest BCUT2D eigenvalue weighted by molar-refractivity contribution is 5.37. The molecule has 0 bridgehead atoms. The van der Waals surface area contributed by atoms with Gasteiger partial charge in [-0.15, -0.1) is 0 Å². The molecule has 0 amide bonds. The Kier molecular flexibility index (Phi) is 6.88. The quantitative estimate of drug-likeness (QED) is 0.639. The average Bonchev–Trinajstić information content (AvgIpc) is 3.61. The van der Waals surface area contributed by atoms with Crippen LogP contribution in [0.25, 0.3) is 0 Å².